The molecule has 0 spiro atoms. The summed E-state index contributed by atoms with van der Waals surface area (Å²) in [6.45, 7) is 6.50. The summed E-state index contributed by atoms with van der Waals surface area (Å²) in [6.07, 6.45) is 5.78. The van der Waals surface area contributed by atoms with Crippen molar-refractivity contribution in [2.45, 2.75) is 6.04 Å². The van der Waals surface area contributed by atoms with Crippen LogP contribution in [0.25, 0.3) is 17.0 Å². The highest BCUT2D eigenvalue weighted by atomic mass is 16.2. The van der Waals surface area contributed by atoms with Gasteiger partial charge in [0.15, 0.2) is 0 Å². The Morgan fingerprint density at radius 3 is 2.39 bits per heavy atom. The molecular formula is C26H30N6O. The molecule has 1 amide bonds. The Bertz CT molecular complexity index is 1100. The van der Waals surface area contributed by atoms with Crippen LogP contribution in [-0.4, -0.2) is 84.1 Å². The van der Waals surface area contributed by atoms with Crippen molar-refractivity contribution in [3.05, 3.63) is 72.6 Å². The standard InChI is InChI=1S/C26H30N6O/c33-26(24(30-14-12-27-13-15-30)11-10-21-6-2-1-3-7-21)32-18-16-31(17-19-32)25-22-8-4-5-9-23(22)28-20-29-25/h1-11,20,24,27H,12-19H2. The molecule has 1 unspecified atom stereocenters. The smallest absolute Gasteiger partial charge is 0.244 e. The summed E-state index contributed by atoms with van der Waals surface area (Å²) in [5, 5.41) is 4.45. The van der Waals surface area contributed by atoms with Crippen LogP contribution in [-0.2, 0) is 4.79 Å². The van der Waals surface area contributed by atoms with E-state index >= 15 is 0 Å². The third-order valence-electron chi connectivity index (χ3n) is 6.48. The quantitative estimate of drug-likeness (QED) is 0.654. The van der Waals surface area contributed by atoms with Gasteiger partial charge in [-0.05, 0) is 17.7 Å². The van der Waals surface area contributed by atoms with E-state index in [1.54, 1.807) is 6.33 Å². The molecule has 2 aromatic carbocycles. The molecule has 5 rings (SSSR count). The van der Waals surface area contributed by atoms with Crippen molar-refractivity contribution in [3.63, 3.8) is 0 Å². The van der Waals surface area contributed by atoms with Gasteiger partial charge in [0.25, 0.3) is 0 Å². The highest BCUT2D eigenvalue weighted by molar-refractivity contribution is 5.89. The second-order valence-corrected chi connectivity index (χ2v) is 8.53. The molecule has 2 aliphatic heterocycles. The Hall–Kier alpha value is -3.29. The normalized spacial score (nSPS) is 18.7. The number of fused-ring (bicyclic) bond motifs is 1. The maximum Gasteiger partial charge on any atom is 0.244 e. The highest BCUT2D eigenvalue weighted by Gasteiger charge is 2.31. The number of nitrogens with zero attached hydrogens (tertiary/aromatic N) is 5. The molecule has 0 saturated carbocycles. The van der Waals surface area contributed by atoms with Crippen molar-refractivity contribution in [3.8, 4) is 0 Å². The fourth-order valence-corrected chi connectivity index (χ4v) is 4.66. The Morgan fingerprint density at radius 2 is 1.61 bits per heavy atom. The Morgan fingerprint density at radius 1 is 0.879 bits per heavy atom. The van der Waals surface area contributed by atoms with Crippen molar-refractivity contribution in [1.29, 1.82) is 0 Å². The molecular weight excluding hydrogens is 412 g/mol. The van der Waals surface area contributed by atoms with E-state index in [1.807, 2.05) is 41.3 Å². The Balaban J connectivity index is 1.30. The van der Waals surface area contributed by atoms with E-state index in [-0.39, 0.29) is 11.9 Å². The van der Waals surface area contributed by atoms with Gasteiger partial charge in [-0.25, -0.2) is 9.97 Å². The van der Waals surface area contributed by atoms with E-state index in [0.717, 1.165) is 61.6 Å². The minimum Gasteiger partial charge on any atom is -0.352 e. The first-order valence-corrected chi connectivity index (χ1v) is 11.7. The Kier molecular flexibility index (Phi) is 6.60. The van der Waals surface area contributed by atoms with E-state index in [2.05, 4.69) is 55.4 Å². The molecule has 1 atom stereocenters. The molecule has 7 heteroatoms. The first-order chi connectivity index (χ1) is 16.3. The van der Waals surface area contributed by atoms with Crippen LogP contribution in [0.5, 0.6) is 0 Å². The van der Waals surface area contributed by atoms with E-state index < -0.39 is 0 Å². The molecule has 0 aliphatic carbocycles. The zero-order valence-electron chi connectivity index (χ0n) is 18.8. The van der Waals surface area contributed by atoms with Gasteiger partial charge in [0.05, 0.1) is 5.52 Å². The van der Waals surface area contributed by atoms with Crippen molar-refractivity contribution < 1.29 is 4.79 Å². The van der Waals surface area contributed by atoms with Gasteiger partial charge in [-0.2, -0.15) is 0 Å². The van der Waals surface area contributed by atoms with Gasteiger partial charge in [0, 0.05) is 57.7 Å². The molecule has 7 nitrogen and oxygen atoms in total. The van der Waals surface area contributed by atoms with Crippen LogP contribution in [0.2, 0.25) is 0 Å². The average molecular weight is 443 g/mol. The number of hydrogen-bond donors (Lipinski definition) is 1. The van der Waals surface area contributed by atoms with Gasteiger partial charge in [0.1, 0.15) is 18.2 Å². The van der Waals surface area contributed by atoms with Crippen molar-refractivity contribution in [1.82, 2.24) is 25.1 Å². The second-order valence-electron chi connectivity index (χ2n) is 8.53. The number of rotatable bonds is 5. The van der Waals surface area contributed by atoms with Crippen LogP contribution >= 0.6 is 0 Å². The van der Waals surface area contributed by atoms with Crippen molar-refractivity contribution >= 4 is 28.7 Å². The lowest BCUT2D eigenvalue weighted by Crippen LogP contribution is -2.57. The lowest BCUT2D eigenvalue weighted by atomic mass is 10.1. The average Bonchev–Trinajstić information content (AvgIpc) is 2.90. The van der Waals surface area contributed by atoms with Gasteiger partial charge in [0.2, 0.25) is 5.91 Å². The molecule has 2 aliphatic rings. The third-order valence-corrected chi connectivity index (χ3v) is 6.48. The monoisotopic (exact) mass is 442 g/mol. The van der Waals surface area contributed by atoms with Gasteiger partial charge in [-0.15, -0.1) is 0 Å². The van der Waals surface area contributed by atoms with Gasteiger partial charge in [-0.1, -0.05) is 54.6 Å². The summed E-state index contributed by atoms with van der Waals surface area (Å²) < 4.78 is 0. The fraction of sp³-hybridized carbons (Fsp3) is 0.346. The number of amides is 1. The lowest BCUT2D eigenvalue weighted by molar-refractivity contribution is -0.135. The molecule has 2 fully saturated rings. The van der Waals surface area contributed by atoms with Gasteiger partial charge < -0.3 is 15.1 Å². The minimum absolute atomic E-state index is 0.191. The van der Waals surface area contributed by atoms with Crippen molar-refractivity contribution in [2.75, 3.05) is 57.3 Å². The minimum atomic E-state index is -0.237. The fourth-order valence-electron chi connectivity index (χ4n) is 4.66. The van der Waals surface area contributed by atoms with Crippen LogP contribution in [0, 0.1) is 0 Å². The van der Waals surface area contributed by atoms with Crippen LogP contribution in [0.15, 0.2) is 67.0 Å². The van der Waals surface area contributed by atoms with Gasteiger partial charge >= 0.3 is 0 Å². The summed E-state index contributed by atoms with van der Waals surface area (Å²) in [4.78, 5) is 29.2. The van der Waals surface area contributed by atoms with Crippen LogP contribution < -0.4 is 10.2 Å². The third kappa shape index (κ3) is 4.89. The molecule has 2 saturated heterocycles. The highest BCUT2D eigenvalue weighted by Crippen LogP contribution is 2.24. The molecule has 170 valence electrons. The van der Waals surface area contributed by atoms with Crippen LogP contribution in [0.1, 0.15) is 5.56 Å². The van der Waals surface area contributed by atoms with Crippen molar-refractivity contribution in [2.24, 2.45) is 0 Å². The summed E-state index contributed by atoms with van der Waals surface area (Å²) in [5.41, 5.74) is 2.07. The molecule has 0 bridgehead atoms. The topological polar surface area (TPSA) is 64.6 Å². The van der Waals surface area contributed by atoms with E-state index in [4.69, 9.17) is 0 Å². The molecule has 0 radical (unpaired) electrons. The largest absolute Gasteiger partial charge is 0.352 e. The molecule has 3 heterocycles. The number of hydrogen-bond acceptors (Lipinski definition) is 6. The molecule has 1 aromatic heterocycles. The predicted molar refractivity (Wildman–Crippen MR) is 132 cm³/mol. The maximum atomic E-state index is 13.6. The summed E-state index contributed by atoms with van der Waals surface area (Å²) in [7, 11) is 0. The van der Waals surface area contributed by atoms with E-state index in [0.29, 0.717) is 13.1 Å². The molecule has 3 aromatic rings. The van der Waals surface area contributed by atoms with E-state index in [9.17, 15) is 4.79 Å². The number of carbonyl (C=O) groups excluding carboxylic acids is 1. The summed E-state index contributed by atoms with van der Waals surface area (Å²) in [6, 6.07) is 18.1. The number of anilines is 1. The molecule has 33 heavy (non-hydrogen) atoms. The summed E-state index contributed by atoms with van der Waals surface area (Å²) in [5.74, 6) is 1.15. The second kappa shape index (κ2) is 10.1. The zero-order chi connectivity index (χ0) is 22.5. The van der Waals surface area contributed by atoms with Crippen LogP contribution in [0.4, 0.5) is 5.82 Å². The van der Waals surface area contributed by atoms with Gasteiger partial charge in [-0.3, -0.25) is 9.69 Å². The number of aromatic nitrogens is 2. The first-order valence-electron chi connectivity index (χ1n) is 11.7. The number of nitrogens with one attached hydrogen (secondary N) is 1. The lowest BCUT2D eigenvalue weighted by Gasteiger charge is -2.40. The summed E-state index contributed by atoms with van der Waals surface area (Å²) >= 11 is 0. The number of piperazine rings is 2. The SMILES string of the molecule is O=C(C(C=Cc1ccccc1)N1CCNCC1)N1CCN(c2ncnc3ccccc23)CC1. The maximum absolute atomic E-state index is 13.6. The number of benzene rings is 2. The Labute approximate surface area is 194 Å². The zero-order valence-corrected chi connectivity index (χ0v) is 18.8. The number of para-hydroxylation sites is 1. The van der Waals surface area contributed by atoms with Crippen LogP contribution in [0.3, 0.4) is 0 Å². The number of carbonyl (C=O) groups is 1. The van der Waals surface area contributed by atoms with E-state index in [1.165, 1.54) is 0 Å². The first kappa shape index (κ1) is 21.6. The molecule has 1 N–H and O–H groups in total. The predicted octanol–water partition coefficient (Wildman–Crippen LogP) is 2.27.